The van der Waals surface area contributed by atoms with Crippen molar-refractivity contribution in [3.8, 4) is 5.75 Å². The molecule has 3 aliphatic heterocycles. The number of carbonyl (C=O) groups is 3. The first-order chi connectivity index (χ1) is 20.4. The summed E-state index contributed by atoms with van der Waals surface area (Å²) in [7, 11) is 1.61. The molecule has 3 aromatic rings. The fourth-order valence-electron chi connectivity index (χ4n) is 5.78. The van der Waals surface area contributed by atoms with Gasteiger partial charge in [-0.3, -0.25) is 4.79 Å². The van der Waals surface area contributed by atoms with E-state index in [9.17, 15) is 22.8 Å². The lowest BCUT2D eigenvalue weighted by molar-refractivity contribution is -0.938. The van der Waals surface area contributed by atoms with Gasteiger partial charge in [0.05, 0.1) is 20.2 Å². The Morgan fingerprint density at radius 2 is 1.37 bits per heavy atom. The van der Waals surface area contributed by atoms with Crippen LogP contribution in [0.4, 0.5) is 13.2 Å². The number of hydrogen-bond donors (Lipinski definition) is 1. The Kier molecular flexibility index (Phi) is 9.56. The first kappa shape index (κ1) is 31.7. The number of nitrogens with zero attached hydrogens (tertiary/aromatic N) is 1. The summed E-state index contributed by atoms with van der Waals surface area (Å²) in [6, 6.07) is 26.1. The number of piperidine rings is 3. The second-order valence-electron chi connectivity index (χ2n) is 10.9. The number of alkyl halides is 3. The van der Waals surface area contributed by atoms with E-state index in [4.69, 9.17) is 25.1 Å². The van der Waals surface area contributed by atoms with Crippen LogP contribution in [0.3, 0.4) is 0 Å². The first-order valence-electron chi connectivity index (χ1n) is 13.8. The topological polar surface area (TPSA) is 119 Å². The minimum Gasteiger partial charge on any atom is -0.542 e. The molecule has 0 aromatic heterocycles. The number of rotatable bonds is 8. The van der Waals surface area contributed by atoms with Crippen LogP contribution < -0.4 is 15.6 Å². The molecule has 8 nitrogen and oxygen atoms in total. The summed E-state index contributed by atoms with van der Waals surface area (Å²) in [5, 5.41) is 8.78. The number of halogens is 3. The van der Waals surface area contributed by atoms with Gasteiger partial charge in [-0.1, -0.05) is 60.7 Å². The predicted molar refractivity (Wildman–Crippen MR) is 149 cm³/mol. The average molecular weight is 599 g/mol. The zero-order valence-corrected chi connectivity index (χ0v) is 23.6. The highest BCUT2D eigenvalue weighted by Crippen LogP contribution is 2.38. The normalized spacial score (nSPS) is 21.2. The SMILES string of the molecule is COc1ccc(C(=O)C[N+]23CCC(CC2)[C@@H](OC(=O)C(N)(c2ccccc2)c2ccccc2)C3)cc1.O=C([O-])C(F)(F)F. The van der Waals surface area contributed by atoms with Gasteiger partial charge in [0.2, 0.25) is 5.78 Å². The van der Waals surface area contributed by atoms with E-state index < -0.39 is 23.7 Å². The van der Waals surface area contributed by atoms with Crippen molar-refractivity contribution in [2.75, 3.05) is 33.3 Å². The molecule has 11 heteroatoms. The van der Waals surface area contributed by atoms with Gasteiger partial charge >= 0.3 is 12.1 Å². The molecule has 3 aromatic carbocycles. The summed E-state index contributed by atoms with van der Waals surface area (Å²) in [5.74, 6) is -2.33. The minimum absolute atomic E-state index is 0.102. The van der Waals surface area contributed by atoms with E-state index >= 15 is 0 Å². The average Bonchev–Trinajstić information content (AvgIpc) is 3.01. The zero-order chi connectivity index (χ0) is 31.3. The van der Waals surface area contributed by atoms with E-state index in [0.717, 1.165) is 31.7 Å². The van der Waals surface area contributed by atoms with Crippen molar-refractivity contribution in [2.45, 2.75) is 30.7 Å². The number of methoxy groups -OCH3 is 1. The molecule has 0 aliphatic carbocycles. The largest absolute Gasteiger partial charge is 0.542 e. The van der Waals surface area contributed by atoms with Gasteiger partial charge in [0.25, 0.3) is 0 Å². The number of esters is 1. The van der Waals surface area contributed by atoms with Crippen molar-refractivity contribution < 1.29 is 46.6 Å². The van der Waals surface area contributed by atoms with Crippen LogP contribution in [0.15, 0.2) is 84.9 Å². The molecule has 228 valence electrons. The fourth-order valence-corrected chi connectivity index (χ4v) is 5.78. The van der Waals surface area contributed by atoms with E-state index in [0.29, 0.717) is 40.2 Å². The fraction of sp³-hybridized carbons (Fsp3) is 0.344. The van der Waals surface area contributed by atoms with Gasteiger partial charge in [-0.15, -0.1) is 0 Å². The molecule has 1 atom stereocenters. The molecule has 2 N–H and O–H groups in total. The number of ether oxygens (including phenoxy) is 2. The molecule has 43 heavy (non-hydrogen) atoms. The van der Waals surface area contributed by atoms with Crippen LogP contribution in [0, 0.1) is 5.92 Å². The molecule has 6 rings (SSSR count). The molecular formula is C32H33F3N2O6. The molecule has 0 amide bonds. The second-order valence-corrected chi connectivity index (χ2v) is 10.9. The Balaban J connectivity index is 0.000000541. The quantitative estimate of drug-likeness (QED) is 0.240. The third-order valence-electron chi connectivity index (χ3n) is 8.20. The Labute approximate surface area is 247 Å². The van der Waals surface area contributed by atoms with E-state index in [1.54, 1.807) is 7.11 Å². The van der Waals surface area contributed by atoms with Crippen LogP contribution in [0.1, 0.15) is 34.3 Å². The summed E-state index contributed by atoms with van der Waals surface area (Å²) in [6.45, 7) is 2.88. The molecule has 3 aliphatic rings. The number of fused-ring (bicyclic) bond motifs is 3. The van der Waals surface area contributed by atoms with Gasteiger partial charge in [-0.25, -0.2) is 4.79 Å². The number of carbonyl (C=O) groups excluding carboxylic acids is 3. The molecule has 0 unspecified atom stereocenters. The highest BCUT2D eigenvalue weighted by atomic mass is 19.4. The van der Waals surface area contributed by atoms with E-state index in [2.05, 4.69) is 0 Å². The Morgan fingerprint density at radius 1 is 0.884 bits per heavy atom. The third-order valence-corrected chi connectivity index (χ3v) is 8.20. The number of ketones is 1. The Hall–Kier alpha value is -4.22. The molecular weight excluding hydrogens is 565 g/mol. The number of hydrogen-bond acceptors (Lipinski definition) is 7. The smallest absolute Gasteiger partial charge is 0.430 e. The number of carboxylic acids is 1. The van der Waals surface area contributed by atoms with Gasteiger partial charge in [-0.05, 0) is 35.4 Å². The monoisotopic (exact) mass is 598 g/mol. The van der Waals surface area contributed by atoms with Crippen molar-refractivity contribution >= 4 is 17.7 Å². The van der Waals surface area contributed by atoms with E-state index in [-0.39, 0.29) is 11.9 Å². The van der Waals surface area contributed by atoms with Crippen LogP contribution in [-0.2, 0) is 19.9 Å². The number of Topliss-reactive ketones (excluding diaryl/α,β-unsaturated/α-hetero) is 1. The number of carboxylic acid groups (broad SMARTS) is 1. The predicted octanol–water partition coefficient (Wildman–Crippen LogP) is 3.23. The summed E-state index contributed by atoms with van der Waals surface area (Å²) in [5.41, 5.74) is 7.53. The Morgan fingerprint density at radius 3 is 1.81 bits per heavy atom. The molecule has 0 spiro atoms. The summed E-state index contributed by atoms with van der Waals surface area (Å²) in [6.07, 6.45) is -3.59. The molecule has 0 saturated carbocycles. The van der Waals surface area contributed by atoms with Crippen LogP contribution in [0.25, 0.3) is 0 Å². The van der Waals surface area contributed by atoms with Gasteiger partial charge < -0.3 is 29.6 Å². The van der Waals surface area contributed by atoms with Crippen molar-refractivity contribution in [1.82, 2.24) is 0 Å². The van der Waals surface area contributed by atoms with Crippen molar-refractivity contribution in [2.24, 2.45) is 11.7 Å². The van der Waals surface area contributed by atoms with Crippen LogP contribution in [0.2, 0.25) is 0 Å². The maximum atomic E-state index is 13.8. The lowest BCUT2D eigenvalue weighted by Gasteiger charge is -2.52. The van der Waals surface area contributed by atoms with Crippen molar-refractivity contribution in [3.05, 3.63) is 102 Å². The highest BCUT2D eigenvalue weighted by molar-refractivity contribution is 5.97. The van der Waals surface area contributed by atoms with E-state index in [1.807, 2.05) is 84.9 Å². The minimum atomic E-state index is -5.19. The van der Waals surface area contributed by atoms with Crippen molar-refractivity contribution in [3.63, 3.8) is 0 Å². The third kappa shape index (κ3) is 7.23. The first-order valence-corrected chi connectivity index (χ1v) is 13.8. The lowest BCUT2D eigenvalue weighted by atomic mass is 9.81. The van der Waals surface area contributed by atoms with E-state index in [1.165, 1.54) is 0 Å². The summed E-state index contributed by atoms with van der Waals surface area (Å²) < 4.78 is 43.6. The van der Waals surface area contributed by atoms with Crippen LogP contribution in [0.5, 0.6) is 5.75 Å². The molecule has 3 saturated heterocycles. The molecule has 3 heterocycles. The number of benzene rings is 3. The molecule has 2 bridgehead atoms. The summed E-state index contributed by atoms with van der Waals surface area (Å²) >= 11 is 0. The summed E-state index contributed by atoms with van der Waals surface area (Å²) in [4.78, 5) is 35.7. The van der Waals surface area contributed by atoms with Crippen molar-refractivity contribution in [1.29, 1.82) is 0 Å². The standard InChI is InChI=1S/C30H33N2O4.C2HF3O2/c1-35-26-14-12-22(13-15-26)27(33)20-32-18-16-23(17-19-32)28(21-32)36-29(34)30(31,24-8-4-2-5-9-24)25-10-6-3-7-11-25;3-2(4,5)1(6)7/h2-15,23,28H,16-21,31H2,1H3;(H,6,7)/q+1;/p-1/t23?,28-,32?;/m0./s1. The molecule has 0 radical (unpaired) electrons. The number of quaternary nitrogens is 1. The maximum absolute atomic E-state index is 13.8. The number of aliphatic carboxylic acids is 1. The molecule has 3 fully saturated rings. The number of nitrogens with two attached hydrogens (primary N) is 1. The van der Waals surface area contributed by atoms with Crippen LogP contribution in [-0.4, -0.2) is 67.8 Å². The zero-order valence-electron chi connectivity index (χ0n) is 23.6. The Bertz CT molecular complexity index is 1370. The lowest BCUT2D eigenvalue weighted by Crippen LogP contribution is -2.66. The van der Waals surface area contributed by atoms with Gasteiger partial charge in [-0.2, -0.15) is 13.2 Å². The highest BCUT2D eigenvalue weighted by Gasteiger charge is 2.50. The second kappa shape index (κ2) is 13.0. The van der Waals surface area contributed by atoms with Gasteiger partial charge in [0.15, 0.2) is 11.6 Å². The maximum Gasteiger partial charge on any atom is 0.430 e. The van der Waals surface area contributed by atoms with Crippen LogP contribution >= 0.6 is 0 Å². The van der Waals surface area contributed by atoms with Gasteiger partial charge in [0.1, 0.15) is 24.8 Å². The van der Waals surface area contributed by atoms with Gasteiger partial charge in [0, 0.05) is 24.3 Å².